The van der Waals surface area contributed by atoms with E-state index < -0.39 is 10.2 Å². The number of nitriles is 1. The molecule has 0 amide bonds. The average Bonchev–Trinajstić information content (AvgIpc) is 2.22. The molecule has 0 aromatic rings. The lowest BCUT2D eigenvalue weighted by molar-refractivity contribution is 0.438. The van der Waals surface area contributed by atoms with Gasteiger partial charge in [0.1, 0.15) is 0 Å². The molecule has 0 saturated heterocycles. The lowest BCUT2D eigenvalue weighted by Crippen LogP contribution is -2.42. The van der Waals surface area contributed by atoms with Crippen molar-refractivity contribution in [1.82, 2.24) is 9.03 Å². The summed E-state index contributed by atoms with van der Waals surface area (Å²) in [5.74, 6) is 0.568. The molecule has 1 unspecified atom stereocenters. The molecule has 0 aliphatic rings. The average molecular weight is 261 g/mol. The first kappa shape index (κ1) is 16.4. The minimum absolute atomic E-state index is 0.0769. The Morgan fingerprint density at radius 3 is 2.35 bits per heavy atom. The van der Waals surface area contributed by atoms with Gasteiger partial charge in [-0.05, 0) is 25.7 Å². The summed E-state index contributed by atoms with van der Waals surface area (Å²) in [6.07, 6.45) is 2.02. The predicted octanol–water partition coefficient (Wildman–Crippen LogP) is 1.49. The van der Waals surface area contributed by atoms with Gasteiger partial charge in [0.15, 0.2) is 0 Å². The third-order valence-corrected chi connectivity index (χ3v) is 4.18. The van der Waals surface area contributed by atoms with E-state index >= 15 is 0 Å². The van der Waals surface area contributed by atoms with Crippen molar-refractivity contribution in [3.63, 3.8) is 0 Å². The highest BCUT2D eigenvalue weighted by atomic mass is 32.2. The second-order valence-corrected chi connectivity index (χ2v) is 6.53. The Labute approximate surface area is 105 Å². The van der Waals surface area contributed by atoms with Gasteiger partial charge in [-0.2, -0.15) is 22.7 Å². The van der Waals surface area contributed by atoms with E-state index in [1.54, 1.807) is 0 Å². The summed E-state index contributed by atoms with van der Waals surface area (Å²) < 4.78 is 27.4. The zero-order valence-corrected chi connectivity index (χ0v) is 11.9. The summed E-state index contributed by atoms with van der Waals surface area (Å²) in [5, 5.41) is 8.42. The first-order valence-electron chi connectivity index (χ1n) is 5.90. The molecule has 0 aromatic carbocycles. The number of nitrogens with zero attached hydrogens (tertiary/aromatic N) is 2. The van der Waals surface area contributed by atoms with Crippen LogP contribution in [0, 0.1) is 17.2 Å². The summed E-state index contributed by atoms with van der Waals surface area (Å²) in [6, 6.07) is 1.85. The molecular weight excluding hydrogens is 238 g/mol. The van der Waals surface area contributed by atoms with E-state index in [0.29, 0.717) is 5.92 Å². The fourth-order valence-electron chi connectivity index (χ4n) is 1.31. The normalized spacial score (nSPS) is 13.9. The highest BCUT2D eigenvalue weighted by Gasteiger charge is 2.19. The van der Waals surface area contributed by atoms with E-state index in [1.807, 2.05) is 13.0 Å². The van der Waals surface area contributed by atoms with Gasteiger partial charge < -0.3 is 0 Å². The molecule has 0 saturated carbocycles. The SMILES string of the molecule is CC(C)CCC(C)NS(=O)(=O)N(C)CCC#N. The Kier molecular flexibility index (Phi) is 7.35. The molecule has 0 aliphatic heterocycles. The minimum atomic E-state index is -3.45. The smallest absolute Gasteiger partial charge is 0.199 e. The Bertz CT molecular complexity index is 346. The number of hydrogen-bond acceptors (Lipinski definition) is 3. The van der Waals surface area contributed by atoms with Gasteiger partial charge in [0.05, 0.1) is 6.07 Å². The quantitative estimate of drug-likeness (QED) is 0.719. The minimum Gasteiger partial charge on any atom is -0.199 e. The van der Waals surface area contributed by atoms with Crippen LogP contribution in [0.4, 0.5) is 0 Å². The van der Waals surface area contributed by atoms with Gasteiger partial charge in [0.25, 0.3) is 10.2 Å². The van der Waals surface area contributed by atoms with E-state index in [1.165, 1.54) is 11.4 Å². The van der Waals surface area contributed by atoms with Crippen LogP contribution < -0.4 is 4.72 Å². The summed E-state index contributed by atoms with van der Waals surface area (Å²) in [5.41, 5.74) is 0. The van der Waals surface area contributed by atoms with E-state index in [0.717, 1.165) is 12.8 Å². The van der Waals surface area contributed by atoms with Crippen LogP contribution >= 0.6 is 0 Å². The van der Waals surface area contributed by atoms with Gasteiger partial charge in [-0.15, -0.1) is 0 Å². The fourth-order valence-corrected chi connectivity index (χ4v) is 2.45. The van der Waals surface area contributed by atoms with Crippen molar-refractivity contribution in [3.8, 4) is 6.07 Å². The Hall–Kier alpha value is -0.640. The third-order valence-electron chi connectivity index (χ3n) is 2.48. The first-order chi connectivity index (χ1) is 7.79. The van der Waals surface area contributed by atoms with Crippen molar-refractivity contribution in [2.75, 3.05) is 13.6 Å². The summed E-state index contributed by atoms with van der Waals surface area (Å²) in [6.45, 7) is 6.31. The topological polar surface area (TPSA) is 73.2 Å². The Morgan fingerprint density at radius 2 is 1.88 bits per heavy atom. The van der Waals surface area contributed by atoms with Gasteiger partial charge in [-0.3, -0.25) is 0 Å². The van der Waals surface area contributed by atoms with Crippen molar-refractivity contribution in [2.45, 2.75) is 46.1 Å². The van der Waals surface area contributed by atoms with Gasteiger partial charge >= 0.3 is 0 Å². The highest BCUT2D eigenvalue weighted by molar-refractivity contribution is 7.87. The molecule has 1 atom stereocenters. The van der Waals surface area contributed by atoms with Crippen LogP contribution in [0.3, 0.4) is 0 Å². The molecule has 0 rings (SSSR count). The van der Waals surface area contributed by atoms with Crippen LogP contribution in [0.25, 0.3) is 0 Å². The van der Waals surface area contributed by atoms with E-state index in [-0.39, 0.29) is 19.0 Å². The van der Waals surface area contributed by atoms with E-state index in [4.69, 9.17) is 5.26 Å². The molecule has 0 aromatic heterocycles. The van der Waals surface area contributed by atoms with Crippen LogP contribution in [0.1, 0.15) is 40.0 Å². The summed E-state index contributed by atoms with van der Waals surface area (Å²) >= 11 is 0. The second-order valence-electron chi connectivity index (χ2n) is 4.72. The standard InChI is InChI=1S/C11H23N3O2S/c1-10(2)6-7-11(3)13-17(15,16)14(4)9-5-8-12/h10-11,13H,5-7,9H2,1-4H3. The summed E-state index contributed by atoms with van der Waals surface area (Å²) in [4.78, 5) is 0. The lowest BCUT2D eigenvalue weighted by Gasteiger charge is -2.20. The molecule has 6 heteroatoms. The first-order valence-corrected chi connectivity index (χ1v) is 7.34. The fraction of sp³-hybridized carbons (Fsp3) is 0.909. The highest BCUT2D eigenvalue weighted by Crippen LogP contribution is 2.08. The predicted molar refractivity (Wildman–Crippen MR) is 68.4 cm³/mol. The third kappa shape index (κ3) is 7.31. The zero-order valence-electron chi connectivity index (χ0n) is 11.1. The monoisotopic (exact) mass is 261 g/mol. The number of rotatable bonds is 8. The maximum atomic E-state index is 11.8. The Morgan fingerprint density at radius 1 is 1.29 bits per heavy atom. The van der Waals surface area contributed by atoms with Gasteiger partial charge in [0.2, 0.25) is 0 Å². The van der Waals surface area contributed by atoms with Crippen LogP contribution in [-0.2, 0) is 10.2 Å². The van der Waals surface area contributed by atoms with E-state index in [9.17, 15) is 8.42 Å². The van der Waals surface area contributed by atoms with Gasteiger partial charge in [0, 0.05) is 26.1 Å². The van der Waals surface area contributed by atoms with Crippen LogP contribution in [-0.4, -0.2) is 32.4 Å². The molecule has 0 radical (unpaired) electrons. The van der Waals surface area contributed by atoms with E-state index in [2.05, 4.69) is 18.6 Å². The Balaban J connectivity index is 4.20. The van der Waals surface area contributed by atoms with Crippen molar-refractivity contribution in [3.05, 3.63) is 0 Å². The molecule has 0 bridgehead atoms. The zero-order chi connectivity index (χ0) is 13.5. The van der Waals surface area contributed by atoms with Crippen molar-refractivity contribution >= 4 is 10.2 Å². The second kappa shape index (κ2) is 7.64. The molecule has 17 heavy (non-hydrogen) atoms. The van der Waals surface area contributed by atoms with Crippen LogP contribution in [0.5, 0.6) is 0 Å². The van der Waals surface area contributed by atoms with Crippen molar-refractivity contribution in [2.24, 2.45) is 5.92 Å². The molecule has 0 heterocycles. The molecule has 1 N–H and O–H groups in total. The lowest BCUT2D eigenvalue weighted by atomic mass is 10.1. The molecule has 0 spiro atoms. The maximum Gasteiger partial charge on any atom is 0.279 e. The van der Waals surface area contributed by atoms with Crippen LogP contribution in [0.2, 0.25) is 0 Å². The van der Waals surface area contributed by atoms with Crippen LogP contribution in [0.15, 0.2) is 0 Å². The van der Waals surface area contributed by atoms with Crippen molar-refractivity contribution < 1.29 is 8.42 Å². The molecular formula is C11H23N3O2S. The van der Waals surface area contributed by atoms with Gasteiger partial charge in [-0.1, -0.05) is 13.8 Å². The number of nitrogens with one attached hydrogen (secondary N) is 1. The maximum absolute atomic E-state index is 11.8. The van der Waals surface area contributed by atoms with Gasteiger partial charge in [-0.25, -0.2) is 0 Å². The molecule has 5 nitrogen and oxygen atoms in total. The molecule has 0 fully saturated rings. The van der Waals surface area contributed by atoms with Crippen molar-refractivity contribution in [1.29, 1.82) is 5.26 Å². The summed E-state index contributed by atoms with van der Waals surface area (Å²) in [7, 11) is -1.97. The molecule has 100 valence electrons. The molecule has 0 aliphatic carbocycles. The largest absolute Gasteiger partial charge is 0.279 e. The number of hydrogen-bond donors (Lipinski definition) is 1.